The molecule has 20 heavy (non-hydrogen) atoms. The SMILES string of the molecule is CCCC(N(CC)CC)C(C)(N)c1cccc(OC)c1. The second-order valence-corrected chi connectivity index (χ2v) is 5.54. The van der Waals surface area contributed by atoms with Crippen LogP contribution < -0.4 is 10.5 Å². The van der Waals surface area contributed by atoms with Crippen LogP contribution in [0, 0.1) is 0 Å². The van der Waals surface area contributed by atoms with Gasteiger partial charge in [0, 0.05) is 6.04 Å². The number of hydrogen-bond acceptors (Lipinski definition) is 3. The maximum absolute atomic E-state index is 6.75. The molecule has 0 aliphatic carbocycles. The molecule has 2 unspecified atom stereocenters. The second kappa shape index (κ2) is 7.65. The van der Waals surface area contributed by atoms with E-state index >= 15 is 0 Å². The third kappa shape index (κ3) is 3.74. The van der Waals surface area contributed by atoms with Crippen molar-refractivity contribution in [1.82, 2.24) is 4.90 Å². The van der Waals surface area contributed by atoms with Crippen LogP contribution in [0.1, 0.15) is 46.1 Å². The molecule has 2 N–H and O–H groups in total. The summed E-state index contributed by atoms with van der Waals surface area (Å²) >= 11 is 0. The van der Waals surface area contributed by atoms with E-state index in [2.05, 4.69) is 44.7 Å². The molecule has 1 aromatic rings. The van der Waals surface area contributed by atoms with Gasteiger partial charge >= 0.3 is 0 Å². The smallest absolute Gasteiger partial charge is 0.119 e. The summed E-state index contributed by atoms with van der Waals surface area (Å²) < 4.78 is 5.33. The van der Waals surface area contributed by atoms with Gasteiger partial charge in [0.2, 0.25) is 0 Å². The number of hydrogen-bond donors (Lipinski definition) is 1. The zero-order valence-electron chi connectivity index (χ0n) is 13.6. The predicted molar refractivity (Wildman–Crippen MR) is 86.2 cm³/mol. The van der Waals surface area contributed by atoms with Crippen molar-refractivity contribution in [2.24, 2.45) is 5.73 Å². The Morgan fingerprint density at radius 2 is 1.90 bits per heavy atom. The number of methoxy groups -OCH3 is 1. The third-order valence-corrected chi connectivity index (χ3v) is 4.20. The number of nitrogens with two attached hydrogens (primary N) is 1. The van der Waals surface area contributed by atoms with Gasteiger partial charge in [-0.15, -0.1) is 0 Å². The van der Waals surface area contributed by atoms with Gasteiger partial charge in [-0.1, -0.05) is 39.3 Å². The lowest BCUT2D eigenvalue weighted by atomic mass is 9.82. The molecule has 1 rings (SSSR count). The van der Waals surface area contributed by atoms with Crippen molar-refractivity contribution >= 4 is 0 Å². The molecule has 0 amide bonds. The molecule has 114 valence electrons. The highest BCUT2D eigenvalue weighted by Crippen LogP contribution is 2.30. The molecule has 0 saturated heterocycles. The quantitative estimate of drug-likeness (QED) is 0.792. The van der Waals surface area contributed by atoms with Gasteiger partial charge in [-0.3, -0.25) is 4.90 Å². The zero-order chi connectivity index (χ0) is 15.2. The normalized spacial score (nSPS) is 15.9. The molecular formula is C17H30N2O. The van der Waals surface area contributed by atoms with Crippen LogP contribution >= 0.6 is 0 Å². The Hall–Kier alpha value is -1.06. The summed E-state index contributed by atoms with van der Waals surface area (Å²) in [6.07, 6.45) is 2.24. The van der Waals surface area contributed by atoms with Crippen LogP contribution in [-0.4, -0.2) is 31.1 Å². The molecule has 0 aliphatic rings. The summed E-state index contributed by atoms with van der Waals surface area (Å²) in [5.41, 5.74) is 7.51. The van der Waals surface area contributed by atoms with Crippen molar-refractivity contribution in [3.8, 4) is 5.75 Å². The van der Waals surface area contributed by atoms with Gasteiger partial charge in [-0.2, -0.15) is 0 Å². The number of benzene rings is 1. The van der Waals surface area contributed by atoms with Crippen LogP contribution in [0.2, 0.25) is 0 Å². The Bertz CT molecular complexity index is 400. The average molecular weight is 278 g/mol. The van der Waals surface area contributed by atoms with E-state index < -0.39 is 0 Å². The molecule has 0 saturated carbocycles. The Labute approximate surface area is 124 Å². The van der Waals surface area contributed by atoms with Crippen LogP contribution in [0.3, 0.4) is 0 Å². The Morgan fingerprint density at radius 3 is 2.40 bits per heavy atom. The van der Waals surface area contributed by atoms with Gasteiger partial charge in [-0.05, 0) is 44.1 Å². The highest BCUT2D eigenvalue weighted by atomic mass is 16.5. The largest absolute Gasteiger partial charge is 0.497 e. The van der Waals surface area contributed by atoms with E-state index in [1.54, 1.807) is 7.11 Å². The summed E-state index contributed by atoms with van der Waals surface area (Å²) in [5.74, 6) is 0.869. The molecule has 1 aromatic carbocycles. The first-order chi connectivity index (χ1) is 9.51. The molecular weight excluding hydrogens is 248 g/mol. The van der Waals surface area contributed by atoms with Crippen molar-refractivity contribution in [2.75, 3.05) is 20.2 Å². The summed E-state index contributed by atoms with van der Waals surface area (Å²) in [4.78, 5) is 2.46. The first kappa shape index (κ1) is 17.0. The minimum Gasteiger partial charge on any atom is -0.497 e. The van der Waals surface area contributed by atoms with Crippen LogP contribution in [0.25, 0.3) is 0 Å². The van der Waals surface area contributed by atoms with Crippen molar-refractivity contribution < 1.29 is 4.74 Å². The first-order valence-electron chi connectivity index (χ1n) is 7.68. The number of rotatable bonds is 8. The summed E-state index contributed by atoms with van der Waals surface area (Å²) in [7, 11) is 1.70. The van der Waals surface area contributed by atoms with E-state index in [4.69, 9.17) is 10.5 Å². The Balaban J connectivity index is 3.13. The molecule has 0 radical (unpaired) electrons. The highest BCUT2D eigenvalue weighted by Gasteiger charge is 2.34. The van der Waals surface area contributed by atoms with Gasteiger partial charge in [-0.25, -0.2) is 0 Å². The fourth-order valence-corrected chi connectivity index (χ4v) is 2.95. The summed E-state index contributed by atoms with van der Waals surface area (Å²) in [6.45, 7) is 10.8. The highest BCUT2D eigenvalue weighted by molar-refractivity contribution is 5.34. The minimum absolute atomic E-state index is 0.342. The van der Waals surface area contributed by atoms with Crippen LogP contribution in [0.15, 0.2) is 24.3 Å². The molecule has 0 bridgehead atoms. The number of nitrogens with zero attached hydrogens (tertiary/aromatic N) is 1. The molecule has 0 aliphatic heterocycles. The van der Waals surface area contributed by atoms with Gasteiger partial charge in [0.25, 0.3) is 0 Å². The van der Waals surface area contributed by atoms with E-state index in [9.17, 15) is 0 Å². The zero-order valence-corrected chi connectivity index (χ0v) is 13.6. The minimum atomic E-state index is -0.378. The molecule has 0 spiro atoms. The lowest BCUT2D eigenvalue weighted by molar-refractivity contribution is 0.129. The topological polar surface area (TPSA) is 38.5 Å². The van der Waals surface area contributed by atoms with Crippen LogP contribution in [0.5, 0.6) is 5.75 Å². The summed E-state index contributed by atoms with van der Waals surface area (Å²) in [5, 5.41) is 0. The number of ether oxygens (including phenoxy) is 1. The average Bonchev–Trinajstić information content (AvgIpc) is 2.47. The third-order valence-electron chi connectivity index (χ3n) is 4.20. The molecule has 0 fully saturated rings. The van der Waals surface area contributed by atoms with E-state index in [0.717, 1.165) is 37.2 Å². The van der Waals surface area contributed by atoms with E-state index in [-0.39, 0.29) is 5.54 Å². The van der Waals surface area contributed by atoms with Crippen LogP contribution in [0.4, 0.5) is 0 Å². The van der Waals surface area contributed by atoms with E-state index in [1.807, 2.05) is 12.1 Å². The maximum Gasteiger partial charge on any atom is 0.119 e. The van der Waals surface area contributed by atoms with Crippen molar-refractivity contribution in [3.05, 3.63) is 29.8 Å². The van der Waals surface area contributed by atoms with Crippen LogP contribution in [-0.2, 0) is 5.54 Å². The fraction of sp³-hybridized carbons (Fsp3) is 0.647. The molecule has 0 aromatic heterocycles. The lowest BCUT2D eigenvalue weighted by Crippen LogP contribution is -2.54. The standard InChI is InChI=1S/C17H30N2O/c1-6-10-16(19(7-2)8-3)17(4,18)14-11-9-12-15(13-14)20-5/h9,11-13,16H,6-8,10,18H2,1-5H3. The van der Waals surface area contributed by atoms with E-state index in [0.29, 0.717) is 6.04 Å². The van der Waals surface area contributed by atoms with E-state index in [1.165, 1.54) is 0 Å². The monoisotopic (exact) mass is 278 g/mol. The van der Waals surface area contributed by atoms with Crippen molar-refractivity contribution in [1.29, 1.82) is 0 Å². The summed E-state index contributed by atoms with van der Waals surface area (Å²) in [6, 6.07) is 8.49. The van der Waals surface area contributed by atoms with Crippen molar-refractivity contribution in [3.63, 3.8) is 0 Å². The molecule has 0 heterocycles. The van der Waals surface area contributed by atoms with Crippen molar-refractivity contribution in [2.45, 2.75) is 52.1 Å². The fourth-order valence-electron chi connectivity index (χ4n) is 2.95. The van der Waals surface area contributed by atoms with Gasteiger partial charge in [0.05, 0.1) is 12.6 Å². The second-order valence-electron chi connectivity index (χ2n) is 5.54. The predicted octanol–water partition coefficient (Wildman–Crippen LogP) is 3.38. The number of likely N-dealkylation sites (N-methyl/N-ethyl adjacent to an activating group) is 1. The maximum atomic E-state index is 6.75. The molecule has 2 atom stereocenters. The van der Waals surface area contributed by atoms with Gasteiger partial charge in [0.15, 0.2) is 0 Å². The van der Waals surface area contributed by atoms with Gasteiger partial charge in [0.1, 0.15) is 5.75 Å². The molecule has 3 heteroatoms. The van der Waals surface area contributed by atoms with Gasteiger partial charge < -0.3 is 10.5 Å². The Morgan fingerprint density at radius 1 is 1.25 bits per heavy atom. The molecule has 3 nitrogen and oxygen atoms in total. The first-order valence-corrected chi connectivity index (χ1v) is 7.68. The lowest BCUT2D eigenvalue weighted by Gasteiger charge is -2.42. The Kier molecular flexibility index (Phi) is 6.50.